The van der Waals surface area contributed by atoms with Gasteiger partial charge in [-0.15, -0.1) is 0 Å². The van der Waals surface area contributed by atoms with E-state index in [9.17, 15) is 4.79 Å². The predicted molar refractivity (Wildman–Crippen MR) is 69.7 cm³/mol. The molecule has 18 heavy (non-hydrogen) atoms. The Labute approximate surface area is 106 Å². The van der Waals surface area contributed by atoms with E-state index < -0.39 is 0 Å². The van der Waals surface area contributed by atoms with E-state index in [-0.39, 0.29) is 12.0 Å². The van der Waals surface area contributed by atoms with Gasteiger partial charge in [0.05, 0.1) is 13.2 Å². The molecule has 0 radical (unpaired) electrons. The van der Waals surface area contributed by atoms with Crippen molar-refractivity contribution in [3.63, 3.8) is 0 Å². The van der Waals surface area contributed by atoms with E-state index in [1.807, 2.05) is 13.1 Å². The van der Waals surface area contributed by atoms with Crippen LogP contribution in [0.1, 0.15) is 19.8 Å². The van der Waals surface area contributed by atoms with E-state index in [1.165, 1.54) is 0 Å². The lowest BCUT2D eigenvalue weighted by molar-refractivity contribution is -0.135. The molecular weight excluding hydrogens is 230 g/mol. The lowest BCUT2D eigenvalue weighted by Crippen LogP contribution is -2.39. The molecule has 3 aliphatic rings. The van der Waals surface area contributed by atoms with Crippen molar-refractivity contribution in [1.82, 2.24) is 0 Å². The molecule has 0 aliphatic carbocycles. The van der Waals surface area contributed by atoms with Crippen LogP contribution >= 0.6 is 0 Å². The van der Waals surface area contributed by atoms with Crippen LogP contribution in [0.15, 0.2) is 15.0 Å². The van der Waals surface area contributed by atoms with Gasteiger partial charge in [-0.1, -0.05) is 0 Å². The third-order valence-electron chi connectivity index (χ3n) is 3.84. The Morgan fingerprint density at radius 1 is 1.56 bits per heavy atom. The summed E-state index contributed by atoms with van der Waals surface area (Å²) < 4.78 is 5.04. The minimum Gasteiger partial charge on any atom is -0.461 e. The number of hydrogen-bond acceptors (Lipinski definition) is 5. The maximum absolute atomic E-state index is 11.8. The number of aliphatic imine (C=N–C) groups is 3. The third-order valence-corrected chi connectivity index (χ3v) is 3.84. The maximum atomic E-state index is 11.8. The van der Waals surface area contributed by atoms with Crippen molar-refractivity contribution in [2.45, 2.75) is 25.8 Å². The fraction of sp³-hybridized carbons (Fsp3) is 0.692. The zero-order valence-electron chi connectivity index (χ0n) is 10.5. The van der Waals surface area contributed by atoms with E-state index in [0.717, 1.165) is 18.6 Å². The first kappa shape index (κ1) is 11.6. The van der Waals surface area contributed by atoms with Gasteiger partial charge in [0, 0.05) is 24.1 Å². The van der Waals surface area contributed by atoms with Crippen molar-refractivity contribution < 1.29 is 9.53 Å². The molecule has 5 heteroatoms. The summed E-state index contributed by atoms with van der Waals surface area (Å²) in [5.74, 6) is 0.595. The van der Waals surface area contributed by atoms with Crippen LogP contribution in [0.4, 0.5) is 0 Å². The quantitative estimate of drug-likeness (QED) is 0.681. The third kappa shape index (κ3) is 1.87. The van der Waals surface area contributed by atoms with Crippen LogP contribution in [0.3, 0.4) is 0 Å². The van der Waals surface area contributed by atoms with Crippen LogP contribution in [0.5, 0.6) is 0 Å². The Balaban J connectivity index is 1.82. The molecule has 0 saturated carbocycles. The molecule has 0 amide bonds. The summed E-state index contributed by atoms with van der Waals surface area (Å²) in [5.41, 5.74) is 1.65. The van der Waals surface area contributed by atoms with Gasteiger partial charge in [0.1, 0.15) is 11.8 Å². The van der Waals surface area contributed by atoms with Crippen LogP contribution in [0, 0.1) is 11.8 Å². The predicted octanol–water partition coefficient (Wildman–Crippen LogP) is 0.924. The average Bonchev–Trinajstić information content (AvgIpc) is 2.79. The summed E-state index contributed by atoms with van der Waals surface area (Å²) in [6.07, 6.45) is 4.05. The molecule has 0 fully saturated rings. The van der Waals surface area contributed by atoms with Crippen molar-refractivity contribution in [2.75, 3.05) is 19.7 Å². The second-order valence-electron chi connectivity index (χ2n) is 4.96. The normalized spacial score (nSPS) is 33.3. The number of ether oxygens (including phenoxy) is 1. The van der Waals surface area contributed by atoms with E-state index in [4.69, 9.17) is 9.73 Å². The lowest BCUT2D eigenvalue weighted by atomic mass is 9.80. The van der Waals surface area contributed by atoms with Crippen LogP contribution in [0.2, 0.25) is 0 Å². The molecule has 3 atom stereocenters. The highest BCUT2D eigenvalue weighted by Gasteiger charge is 2.41. The van der Waals surface area contributed by atoms with Crippen molar-refractivity contribution >= 4 is 23.6 Å². The van der Waals surface area contributed by atoms with Crippen LogP contribution in [-0.4, -0.2) is 49.3 Å². The first-order chi connectivity index (χ1) is 8.79. The molecule has 0 spiro atoms. The van der Waals surface area contributed by atoms with Crippen molar-refractivity contribution in [3.8, 4) is 0 Å². The van der Waals surface area contributed by atoms with Gasteiger partial charge in [-0.25, -0.2) is 4.79 Å². The fourth-order valence-corrected chi connectivity index (χ4v) is 2.94. The van der Waals surface area contributed by atoms with Gasteiger partial charge in [0.25, 0.3) is 0 Å². The van der Waals surface area contributed by atoms with Crippen molar-refractivity contribution in [3.05, 3.63) is 0 Å². The zero-order valence-corrected chi connectivity index (χ0v) is 10.5. The maximum Gasteiger partial charge on any atom is 0.354 e. The molecule has 3 unspecified atom stereocenters. The molecule has 0 aromatic rings. The molecular formula is C13H17N3O2. The Morgan fingerprint density at radius 2 is 2.44 bits per heavy atom. The summed E-state index contributed by atoms with van der Waals surface area (Å²) in [4.78, 5) is 25.2. The minimum absolute atomic E-state index is 0.0800. The minimum atomic E-state index is -0.299. The van der Waals surface area contributed by atoms with Gasteiger partial charge in [0.15, 0.2) is 0 Å². The molecule has 96 valence electrons. The van der Waals surface area contributed by atoms with E-state index in [0.29, 0.717) is 37.2 Å². The summed E-state index contributed by atoms with van der Waals surface area (Å²) >= 11 is 0. The SMILES string of the molecule is CCOC(=O)C1=NCC2CC3CC=NCC3=NC12. The molecule has 3 rings (SSSR count). The van der Waals surface area contributed by atoms with Gasteiger partial charge >= 0.3 is 5.97 Å². The lowest BCUT2D eigenvalue weighted by Gasteiger charge is -2.31. The summed E-state index contributed by atoms with van der Waals surface area (Å²) in [6, 6.07) is -0.0800. The van der Waals surface area contributed by atoms with Gasteiger partial charge in [-0.05, 0) is 26.0 Å². The largest absolute Gasteiger partial charge is 0.461 e. The molecule has 5 nitrogen and oxygen atoms in total. The Hall–Kier alpha value is -1.52. The van der Waals surface area contributed by atoms with E-state index in [1.54, 1.807) is 0 Å². The molecule has 0 aromatic carbocycles. The summed E-state index contributed by atoms with van der Waals surface area (Å²) in [6.45, 7) is 3.59. The molecule has 0 N–H and O–H groups in total. The Morgan fingerprint density at radius 3 is 3.28 bits per heavy atom. The second kappa shape index (κ2) is 4.63. The first-order valence-corrected chi connectivity index (χ1v) is 6.56. The number of hydrogen-bond donors (Lipinski definition) is 0. The highest BCUT2D eigenvalue weighted by molar-refractivity contribution is 6.39. The van der Waals surface area contributed by atoms with Gasteiger partial charge in [0.2, 0.25) is 0 Å². The molecule has 0 aromatic heterocycles. The number of esters is 1. The molecule has 0 bridgehead atoms. The zero-order chi connectivity index (χ0) is 12.5. The first-order valence-electron chi connectivity index (χ1n) is 6.56. The standard InChI is InChI=1S/C13H17N3O2/c1-2-18-13(17)12-11-9(6-15-12)5-8-3-4-14-7-10(8)16-11/h4,8-9,11H,2-3,5-7H2,1H3. The van der Waals surface area contributed by atoms with Crippen LogP contribution in [0.25, 0.3) is 0 Å². The van der Waals surface area contributed by atoms with E-state index >= 15 is 0 Å². The smallest absolute Gasteiger partial charge is 0.354 e. The van der Waals surface area contributed by atoms with Gasteiger partial charge in [-0.3, -0.25) is 15.0 Å². The average molecular weight is 247 g/mol. The highest BCUT2D eigenvalue weighted by atomic mass is 16.5. The number of rotatable bonds is 2. The van der Waals surface area contributed by atoms with Crippen molar-refractivity contribution in [2.24, 2.45) is 26.8 Å². The van der Waals surface area contributed by atoms with Gasteiger partial charge < -0.3 is 4.74 Å². The number of nitrogens with zero attached hydrogens (tertiary/aromatic N) is 3. The molecule has 3 aliphatic heterocycles. The molecule has 0 saturated heterocycles. The van der Waals surface area contributed by atoms with Crippen molar-refractivity contribution in [1.29, 1.82) is 0 Å². The topological polar surface area (TPSA) is 63.4 Å². The number of carbonyl (C=O) groups excluding carboxylic acids is 1. The molecule has 3 heterocycles. The Bertz CT molecular complexity index is 453. The monoisotopic (exact) mass is 247 g/mol. The summed E-state index contributed by atoms with van der Waals surface area (Å²) in [7, 11) is 0. The van der Waals surface area contributed by atoms with E-state index in [2.05, 4.69) is 9.98 Å². The number of carbonyl (C=O) groups is 1. The fourth-order valence-electron chi connectivity index (χ4n) is 2.94. The van der Waals surface area contributed by atoms with Gasteiger partial charge in [-0.2, -0.15) is 0 Å². The van der Waals surface area contributed by atoms with Crippen LogP contribution < -0.4 is 0 Å². The second-order valence-corrected chi connectivity index (χ2v) is 4.96. The highest BCUT2D eigenvalue weighted by Crippen LogP contribution is 2.33. The Kier molecular flexibility index (Phi) is 2.97. The number of fused-ring (bicyclic) bond motifs is 2. The van der Waals surface area contributed by atoms with Crippen LogP contribution in [-0.2, 0) is 9.53 Å². The summed E-state index contributed by atoms with van der Waals surface area (Å²) in [5, 5.41) is 0.